The molecule has 0 radical (unpaired) electrons. The second kappa shape index (κ2) is 8.97. The average Bonchev–Trinajstić information content (AvgIpc) is 2.48. The van der Waals surface area contributed by atoms with Crippen molar-refractivity contribution in [2.75, 3.05) is 20.7 Å². The molecule has 0 heterocycles. The van der Waals surface area contributed by atoms with Crippen molar-refractivity contribution in [1.29, 1.82) is 0 Å². The molecule has 0 bridgehead atoms. The second-order valence-electron chi connectivity index (χ2n) is 7.09. The van der Waals surface area contributed by atoms with E-state index in [1.165, 1.54) is 7.11 Å². The number of aliphatic hydroxyl groups excluding tert-OH is 1. The zero-order valence-electron chi connectivity index (χ0n) is 15.4. The van der Waals surface area contributed by atoms with E-state index in [1.807, 2.05) is 13.8 Å². The number of nitrogens with one attached hydrogen (secondary N) is 1. The first-order chi connectivity index (χ1) is 11.2. The highest BCUT2D eigenvalue weighted by atomic mass is 16.5. The molecular weight excluding hydrogens is 308 g/mol. The van der Waals surface area contributed by atoms with Crippen LogP contribution in [0, 0.1) is 5.41 Å². The minimum atomic E-state index is -0.297. The van der Waals surface area contributed by atoms with Crippen LogP contribution < -0.4 is 5.32 Å². The SMILES string of the molecule is CN[C@@H](CCCCN=C(C)C1=C(O)CC(C)(C)CC1=O)C(=O)OC. The molecule has 0 aromatic heterocycles. The van der Waals surface area contributed by atoms with Crippen LogP contribution in [0.2, 0.25) is 0 Å². The van der Waals surface area contributed by atoms with Crippen molar-refractivity contribution in [3.8, 4) is 0 Å². The van der Waals surface area contributed by atoms with Gasteiger partial charge in [0.25, 0.3) is 0 Å². The van der Waals surface area contributed by atoms with Crippen LogP contribution in [0.4, 0.5) is 0 Å². The van der Waals surface area contributed by atoms with Crippen LogP contribution >= 0.6 is 0 Å². The molecular formula is C18H30N2O4. The second-order valence-corrected chi connectivity index (χ2v) is 7.09. The van der Waals surface area contributed by atoms with Crippen molar-refractivity contribution in [2.24, 2.45) is 10.4 Å². The van der Waals surface area contributed by atoms with Gasteiger partial charge in [-0.1, -0.05) is 13.8 Å². The molecule has 2 N–H and O–H groups in total. The number of carbonyl (C=O) groups is 2. The summed E-state index contributed by atoms with van der Waals surface area (Å²) in [5.41, 5.74) is 0.796. The molecule has 136 valence electrons. The smallest absolute Gasteiger partial charge is 0.322 e. The predicted octanol–water partition coefficient (Wildman–Crippen LogP) is 2.58. The van der Waals surface area contributed by atoms with E-state index >= 15 is 0 Å². The Kier molecular flexibility index (Phi) is 7.60. The van der Waals surface area contributed by atoms with E-state index in [2.05, 4.69) is 10.3 Å². The van der Waals surface area contributed by atoms with Gasteiger partial charge in [-0.05, 0) is 38.6 Å². The maximum Gasteiger partial charge on any atom is 0.322 e. The summed E-state index contributed by atoms with van der Waals surface area (Å²) in [6.07, 6.45) is 3.24. The van der Waals surface area contributed by atoms with Crippen molar-refractivity contribution in [3.63, 3.8) is 0 Å². The van der Waals surface area contributed by atoms with Crippen LogP contribution in [-0.2, 0) is 14.3 Å². The van der Waals surface area contributed by atoms with E-state index in [0.29, 0.717) is 37.1 Å². The molecule has 6 heteroatoms. The van der Waals surface area contributed by atoms with Gasteiger partial charge in [0.1, 0.15) is 11.8 Å². The molecule has 0 amide bonds. The molecule has 0 spiro atoms. The van der Waals surface area contributed by atoms with Gasteiger partial charge in [0.05, 0.1) is 12.7 Å². The van der Waals surface area contributed by atoms with E-state index in [9.17, 15) is 14.7 Å². The molecule has 1 rings (SSSR count). The number of carbonyl (C=O) groups excluding carboxylic acids is 2. The molecule has 1 aliphatic carbocycles. The minimum Gasteiger partial charge on any atom is -0.511 e. The molecule has 1 atom stereocenters. The summed E-state index contributed by atoms with van der Waals surface area (Å²) in [6, 6.07) is -0.297. The molecule has 0 aromatic carbocycles. The van der Waals surface area contributed by atoms with Gasteiger partial charge in [-0.3, -0.25) is 14.6 Å². The summed E-state index contributed by atoms with van der Waals surface area (Å²) in [6.45, 7) is 6.29. The molecule has 0 aromatic rings. The van der Waals surface area contributed by atoms with Crippen LogP contribution in [0.15, 0.2) is 16.3 Å². The highest BCUT2D eigenvalue weighted by Gasteiger charge is 2.33. The maximum atomic E-state index is 12.2. The Morgan fingerprint density at radius 2 is 2.04 bits per heavy atom. The summed E-state index contributed by atoms with van der Waals surface area (Å²) in [4.78, 5) is 28.1. The standard InChI is InChI=1S/C18H30N2O4/c1-12(16-14(21)10-18(2,3)11-15(16)22)20-9-7-6-8-13(19-4)17(23)24-5/h13,19,21H,6-11H2,1-5H3/t13-/m0/s1. The van der Waals surface area contributed by atoms with Crippen molar-refractivity contribution >= 4 is 17.5 Å². The monoisotopic (exact) mass is 338 g/mol. The third-order valence-corrected chi connectivity index (χ3v) is 4.30. The Labute approximate surface area is 144 Å². The van der Waals surface area contributed by atoms with Gasteiger partial charge in [0.15, 0.2) is 5.78 Å². The van der Waals surface area contributed by atoms with Gasteiger partial charge in [0, 0.05) is 25.1 Å². The first-order valence-electron chi connectivity index (χ1n) is 8.43. The number of unbranched alkanes of at least 4 members (excludes halogenated alkanes) is 1. The van der Waals surface area contributed by atoms with Crippen molar-refractivity contribution in [1.82, 2.24) is 5.32 Å². The first kappa shape index (κ1) is 20.4. The summed E-state index contributed by atoms with van der Waals surface area (Å²) in [7, 11) is 3.11. The number of esters is 1. The van der Waals surface area contributed by atoms with Crippen LogP contribution in [0.3, 0.4) is 0 Å². The highest BCUT2D eigenvalue weighted by Crippen LogP contribution is 2.36. The van der Waals surface area contributed by atoms with E-state index < -0.39 is 0 Å². The zero-order valence-corrected chi connectivity index (χ0v) is 15.4. The Bertz CT molecular complexity index is 535. The number of rotatable bonds is 8. The predicted molar refractivity (Wildman–Crippen MR) is 94.4 cm³/mol. The first-order valence-corrected chi connectivity index (χ1v) is 8.43. The average molecular weight is 338 g/mol. The largest absolute Gasteiger partial charge is 0.511 e. The maximum absolute atomic E-state index is 12.2. The molecule has 6 nitrogen and oxygen atoms in total. The summed E-state index contributed by atoms with van der Waals surface area (Å²) in [5.74, 6) is -0.146. The number of ether oxygens (including phenoxy) is 1. The third kappa shape index (κ3) is 5.74. The lowest BCUT2D eigenvalue weighted by Gasteiger charge is -2.29. The number of Topliss-reactive ketones (excluding diaryl/α,β-unsaturated/α-hetero) is 1. The number of hydrogen-bond acceptors (Lipinski definition) is 6. The summed E-state index contributed by atoms with van der Waals surface area (Å²) >= 11 is 0. The van der Waals surface area contributed by atoms with Crippen LogP contribution in [-0.4, -0.2) is 49.3 Å². The van der Waals surface area contributed by atoms with Crippen LogP contribution in [0.25, 0.3) is 0 Å². The third-order valence-electron chi connectivity index (χ3n) is 4.30. The Hall–Kier alpha value is -1.69. The lowest BCUT2D eigenvalue weighted by atomic mass is 9.76. The Balaban J connectivity index is 2.53. The summed E-state index contributed by atoms with van der Waals surface area (Å²) in [5, 5.41) is 13.1. The highest BCUT2D eigenvalue weighted by molar-refractivity contribution is 6.22. The van der Waals surface area contributed by atoms with Gasteiger partial charge in [-0.2, -0.15) is 0 Å². The Morgan fingerprint density at radius 1 is 1.38 bits per heavy atom. The molecule has 0 fully saturated rings. The van der Waals surface area contributed by atoms with Crippen molar-refractivity contribution < 1.29 is 19.4 Å². The molecule has 0 unspecified atom stereocenters. The van der Waals surface area contributed by atoms with Gasteiger partial charge >= 0.3 is 5.97 Å². The number of aliphatic imine (C=N–C) groups is 1. The van der Waals surface area contributed by atoms with E-state index in [4.69, 9.17) is 4.74 Å². The fourth-order valence-electron chi connectivity index (χ4n) is 3.01. The van der Waals surface area contributed by atoms with E-state index in [0.717, 1.165) is 12.8 Å². The van der Waals surface area contributed by atoms with Gasteiger partial charge in [0.2, 0.25) is 0 Å². The fourth-order valence-corrected chi connectivity index (χ4v) is 3.01. The van der Waals surface area contributed by atoms with Gasteiger partial charge in [-0.25, -0.2) is 0 Å². The molecule has 0 saturated heterocycles. The number of allylic oxidation sites excluding steroid dienone is 2. The topological polar surface area (TPSA) is 88.0 Å². The molecule has 24 heavy (non-hydrogen) atoms. The van der Waals surface area contributed by atoms with E-state index in [1.54, 1.807) is 14.0 Å². The summed E-state index contributed by atoms with van der Waals surface area (Å²) < 4.78 is 4.72. The minimum absolute atomic E-state index is 0.0362. The number of ketones is 1. The fraction of sp³-hybridized carbons (Fsp3) is 0.722. The number of likely N-dealkylation sites (N-methyl/N-ethyl adjacent to an activating group) is 1. The molecule has 0 aliphatic heterocycles. The van der Waals surface area contributed by atoms with Crippen LogP contribution in [0.1, 0.15) is 52.9 Å². The zero-order chi connectivity index (χ0) is 18.3. The van der Waals surface area contributed by atoms with Crippen molar-refractivity contribution in [3.05, 3.63) is 11.3 Å². The molecule has 0 saturated carbocycles. The lowest BCUT2D eigenvalue weighted by Crippen LogP contribution is -2.34. The molecule has 1 aliphatic rings. The normalized spacial score (nSPS) is 19.4. The van der Waals surface area contributed by atoms with Gasteiger partial charge in [-0.15, -0.1) is 0 Å². The number of nitrogens with zero attached hydrogens (tertiary/aromatic N) is 1. The Morgan fingerprint density at radius 3 is 2.58 bits per heavy atom. The number of hydrogen-bond donors (Lipinski definition) is 2. The lowest BCUT2D eigenvalue weighted by molar-refractivity contribution is -0.143. The number of aliphatic hydroxyl groups is 1. The van der Waals surface area contributed by atoms with Gasteiger partial charge < -0.3 is 15.2 Å². The number of methoxy groups -OCH3 is 1. The quantitative estimate of drug-likeness (QED) is 0.403. The van der Waals surface area contributed by atoms with E-state index in [-0.39, 0.29) is 29.0 Å². The van der Waals surface area contributed by atoms with Crippen molar-refractivity contribution in [2.45, 2.75) is 58.9 Å². The van der Waals surface area contributed by atoms with Crippen LogP contribution in [0.5, 0.6) is 0 Å².